The Hall–Kier alpha value is -1.81. The lowest BCUT2D eigenvalue weighted by Crippen LogP contribution is -2.44. The van der Waals surface area contributed by atoms with Gasteiger partial charge < -0.3 is 10.1 Å². The summed E-state index contributed by atoms with van der Waals surface area (Å²) in [6.07, 6.45) is 7.71. The van der Waals surface area contributed by atoms with E-state index in [1.807, 2.05) is 12.1 Å². The van der Waals surface area contributed by atoms with Gasteiger partial charge in [0.2, 0.25) is 0 Å². The van der Waals surface area contributed by atoms with E-state index in [2.05, 4.69) is 29.4 Å². The van der Waals surface area contributed by atoms with E-state index in [9.17, 15) is 9.90 Å². The standard InChI is InChI=1S/C19H26N2O2/c1-2-3-4-5-6-11-16-18-14(12-17(20-16)19(22)23)13-9-7-8-10-15(13)21-18/h7-10,16-17,20-21H,2-6,11-12H2,1H3,(H,22,23)/t16-,17-/m1/s1. The number of aromatic amines is 1. The Kier molecular flexibility index (Phi) is 5.01. The van der Waals surface area contributed by atoms with Gasteiger partial charge in [-0.15, -0.1) is 0 Å². The number of fused-ring (bicyclic) bond motifs is 3. The highest BCUT2D eigenvalue weighted by Gasteiger charge is 2.32. The molecule has 4 heteroatoms. The quantitative estimate of drug-likeness (QED) is 0.672. The first-order valence-corrected chi connectivity index (χ1v) is 8.79. The first-order chi connectivity index (χ1) is 11.2. The van der Waals surface area contributed by atoms with Crippen molar-refractivity contribution < 1.29 is 9.90 Å². The second-order valence-electron chi connectivity index (χ2n) is 6.58. The molecule has 3 N–H and O–H groups in total. The van der Waals surface area contributed by atoms with Crippen molar-refractivity contribution >= 4 is 16.9 Å². The van der Waals surface area contributed by atoms with Crippen molar-refractivity contribution in [2.75, 3.05) is 0 Å². The van der Waals surface area contributed by atoms with E-state index in [0.717, 1.165) is 18.4 Å². The van der Waals surface area contributed by atoms with Crippen LogP contribution in [0.25, 0.3) is 10.9 Å². The third kappa shape index (κ3) is 3.42. The minimum absolute atomic E-state index is 0.119. The number of carbonyl (C=O) groups is 1. The van der Waals surface area contributed by atoms with Crippen LogP contribution >= 0.6 is 0 Å². The Bertz CT molecular complexity index is 677. The first kappa shape index (κ1) is 16.1. The highest BCUT2D eigenvalue weighted by Crippen LogP contribution is 2.34. The number of rotatable bonds is 7. The number of para-hydroxylation sites is 1. The summed E-state index contributed by atoms with van der Waals surface area (Å²) in [7, 11) is 0. The second kappa shape index (κ2) is 7.18. The van der Waals surface area contributed by atoms with Crippen LogP contribution in [0.1, 0.15) is 62.7 Å². The predicted molar refractivity (Wildman–Crippen MR) is 92.7 cm³/mol. The van der Waals surface area contributed by atoms with Crippen LogP contribution in [-0.4, -0.2) is 22.1 Å². The fourth-order valence-corrected chi connectivity index (χ4v) is 3.67. The lowest BCUT2D eigenvalue weighted by atomic mass is 9.91. The number of benzene rings is 1. The zero-order chi connectivity index (χ0) is 16.2. The van der Waals surface area contributed by atoms with Crippen LogP contribution in [0.15, 0.2) is 24.3 Å². The molecule has 4 nitrogen and oxygen atoms in total. The summed E-state index contributed by atoms with van der Waals surface area (Å²) in [5.41, 5.74) is 3.49. The number of unbranched alkanes of at least 4 members (excludes halogenated alkanes) is 4. The Morgan fingerprint density at radius 3 is 2.78 bits per heavy atom. The SMILES string of the molecule is CCCCCCC[C@H]1N[C@@H](C(=O)O)Cc2c1[nH]c1ccccc21. The van der Waals surface area contributed by atoms with Crippen molar-refractivity contribution in [3.63, 3.8) is 0 Å². The van der Waals surface area contributed by atoms with Gasteiger partial charge in [-0.3, -0.25) is 10.1 Å². The molecule has 2 aromatic rings. The molecule has 3 rings (SSSR count). The van der Waals surface area contributed by atoms with E-state index in [-0.39, 0.29) is 6.04 Å². The van der Waals surface area contributed by atoms with Crippen molar-refractivity contribution in [3.05, 3.63) is 35.5 Å². The van der Waals surface area contributed by atoms with Gasteiger partial charge in [0.1, 0.15) is 6.04 Å². The molecule has 0 spiro atoms. The van der Waals surface area contributed by atoms with Crippen molar-refractivity contribution in [3.8, 4) is 0 Å². The topological polar surface area (TPSA) is 65.1 Å². The third-order valence-corrected chi connectivity index (χ3v) is 4.90. The van der Waals surface area contributed by atoms with Crippen molar-refractivity contribution in [2.24, 2.45) is 0 Å². The van der Waals surface area contributed by atoms with Crippen LogP contribution in [0.3, 0.4) is 0 Å². The molecule has 0 aliphatic carbocycles. The van der Waals surface area contributed by atoms with Gasteiger partial charge in [-0.2, -0.15) is 0 Å². The fraction of sp³-hybridized carbons (Fsp3) is 0.526. The predicted octanol–water partition coefficient (Wildman–Crippen LogP) is 4.17. The maximum atomic E-state index is 11.5. The molecule has 0 amide bonds. The Balaban J connectivity index is 1.80. The molecular formula is C19H26N2O2. The summed E-state index contributed by atoms with van der Waals surface area (Å²) in [5.74, 6) is -0.753. The summed E-state index contributed by atoms with van der Waals surface area (Å²) in [4.78, 5) is 15.0. The van der Waals surface area contributed by atoms with Gasteiger partial charge in [-0.1, -0.05) is 57.2 Å². The number of aromatic nitrogens is 1. The fourth-order valence-electron chi connectivity index (χ4n) is 3.67. The van der Waals surface area contributed by atoms with Crippen LogP contribution in [-0.2, 0) is 11.2 Å². The molecule has 1 aromatic heterocycles. The number of hydrogen-bond donors (Lipinski definition) is 3. The molecule has 0 saturated carbocycles. The zero-order valence-electron chi connectivity index (χ0n) is 13.8. The summed E-state index contributed by atoms with van der Waals surface area (Å²) < 4.78 is 0. The monoisotopic (exact) mass is 314 g/mol. The molecule has 0 saturated heterocycles. The summed E-state index contributed by atoms with van der Waals surface area (Å²) in [6.45, 7) is 2.22. The first-order valence-electron chi connectivity index (χ1n) is 8.79. The molecule has 124 valence electrons. The second-order valence-corrected chi connectivity index (χ2v) is 6.58. The minimum Gasteiger partial charge on any atom is -0.480 e. The Morgan fingerprint density at radius 2 is 2.00 bits per heavy atom. The van der Waals surface area contributed by atoms with Crippen LogP contribution in [0.4, 0.5) is 0 Å². The Labute approximate surface area is 137 Å². The van der Waals surface area contributed by atoms with E-state index >= 15 is 0 Å². The summed E-state index contributed by atoms with van der Waals surface area (Å²) in [6, 6.07) is 7.84. The van der Waals surface area contributed by atoms with Gasteiger partial charge in [0.15, 0.2) is 0 Å². The van der Waals surface area contributed by atoms with Crippen LogP contribution in [0, 0.1) is 0 Å². The third-order valence-electron chi connectivity index (χ3n) is 4.90. The molecule has 0 bridgehead atoms. The molecule has 2 heterocycles. The number of carboxylic acids is 1. The Morgan fingerprint density at radius 1 is 1.22 bits per heavy atom. The number of hydrogen-bond acceptors (Lipinski definition) is 2. The highest BCUT2D eigenvalue weighted by molar-refractivity contribution is 5.86. The molecule has 1 aromatic carbocycles. The van der Waals surface area contributed by atoms with E-state index in [1.165, 1.54) is 42.3 Å². The van der Waals surface area contributed by atoms with E-state index < -0.39 is 12.0 Å². The maximum absolute atomic E-state index is 11.5. The molecule has 1 aliphatic heterocycles. The van der Waals surface area contributed by atoms with Crippen molar-refractivity contribution in [1.29, 1.82) is 0 Å². The number of aliphatic carboxylic acids is 1. The lowest BCUT2D eigenvalue weighted by Gasteiger charge is -2.29. The molecule has 0 radical (unpaired) electrons. The smallest absolute Gasteiger partial charge is 0.321 e. The van der Waals surface area contributed by atoms with E-state index in [4.69, 9.17) is 0 Å². The maximum Gasteiger partial charge on any atom is 0.321 e. The highest BCUT2D eigenvalue weighted by atomic mass is 16.4. The molecule has 1 aliphatic rings. The van der Waals surface area contributed by atoms with Gasteiger partial charge in [0.05, 0.1) is 0 Å². The molecule has 23 heavy (non-hydrogen) atoms. The van der Waals surface area contributed by atoms with Gasteiger partial charge in [0.25, 0.3) is 0 Å². The van der Waals surface area contributed by atoms with Crippen molar-refractivity contribution in [1.82, 2.24) is 10.3 Å². The molecule has 0 unspecified atom stereocenters. The summed E-state index contributed by atoms with van der Waals surface area (Å²) in [5, 5.41) is 14.0. The summed E-state index contributed by atoms with van der Waals surface area (Å²) >= 11 is 0. The average Bonchev–Trinajstić information content (AvgIpc) is 2.93. The normalized spacial score (nSPS) is 20.6. The average molecular weight is 314 g/mol. The van der Waals surface area contributed by atoms with Gasteiger partial charge in [-0.05, 0) is 18.1 Å². The van der Waals surface area contributed by atoms with Crippen molar-refractivity contribution in [2.45, 2.75) is 64.0 Å². The van der Waals surface area contributed by atoms with Crippen LogP contribution < -0.4 is 5.32 Å². The van der Waals surface area contributed by atoms with Crippen LogP contribution in [0.2, 0.25) is 0 Å². The largest absolute Gasteiger partial charge is 0.480 e. The van der Waals surface area contributed by atoms with Gasteiger partial charge in [0, 0.05) is 29.1 Å². The number of H-pyrrole nitrogens is 1. The minimum atomic E-state index is -0.753. The molecular weight excluding hydrogens is 288 g/mol. The van der Waals surface area contributed by atoms with Gasteiger partial charge in [-0.25, -0.2) is 0 Å². The molecule has 0 fully saturated rings. The van der Waals surface area contributed by atoms with Crippen LogP contribution in [0.5, 0.6) is 0 Å². The molecule has 2 atom stereocenters. The van der Waals surface area contributed by atoms with Gasteiger partial charge >= 0.3 is 5.97 Å². The number of nitrogens with one attached hydrogen (secondary N) is 2. The van der Waals surface area contributed by atoms with E-state index in [1.54, 1.807) is 0 Å². The zero-order valence-corrected chi connectivity index (χ0v) is 13.8. The lowest BCUT2D eigenvalue weighted by molar-refractivity contribution is -0.139. The number of carboxylic acid groups (broad SMARTS) is 1. The van der Waals surface area contributed by atoms with E-state index in [0.29, 0.717) is 6.42 Å².